The van der Waals surface area contributed by atoms with Crippen LogP contribution >= 0.6 is 0 Å². The standard InChI is InChI=1S/C87H153N7O32/c1-56(88-39-19-9-10-22-42-118-82-57(2)123-68(78(82)111)52-122-86(6,7)8)27-26-35-71(107)94-87(53-115-46-36-63(103)29-13-11-12-28-61(101)32-16-23-43-119-83-72(91-58(3)98)79(112)75(108)65(49-95)124-83,54-116-47-37-64(104)31-15-21-40-89-69(105)34-18-25-45-121-85-74(93-60(5)100)81(114)77(110)67(51-97)126-85)55-117-48-38-70(106)90-41-20-14-30-62(102)33-17-24-44-120-84-73(92-59(4)99)80(113)76(109)66(50-96)125-84/h57,65-68,72-85,88,95-97,108-114H,1,9-55H2,2-8H3,(H,89,105)(H,90,106)(H,91,98)(H,92,99)(H,93,100)(H,94,107)/t57-,65?,66?,67?,68+,72?,73?,74?,75-,76-,77-,78+,79+,80+,81+,82-,83+,84+,85+,87?/m0/s1. The zero-order valence-corrected chi connectivity index (χ0v) is 75.4. The van der Waals surface area contributed by atoms with E-state index in [1.807, 2.05) is 27.7 Å². The molecule has 0 aromatic carbocycles. The summed E-state index contributed by atoms with van der Waals surface area (Å²) in [5, 5.41) is 122. The smallest absolute Gasteiger partial charge is 0.222 e. The molecule has 39 heteroatoms. The zero-order valence-electron chi connectivity index (χ0n) is 75.4. The maximum absolute atomic E-state index is 14.2. The first kappa shape index (κ1) is 112. The number of hydrogen-bond donors (Lipinski definition) is 17. The molecule has 6 amide bonds. The van der Waals surface area contributed by atoms with Gasteiger partial charge in [-0.15, -0.1) is 0 Å². The number of carbonyl (C=O) groups is 10. The van der Waals surface area contributed by atoms with Crippen molar-refractivity contribution in [3.63, 3.8) is 0 Å². The molecule has 4 aliphatic heterocycles. The summed E-state index contributed by atoms with van der Waals surface area (Å²) < 4.78 is 70.4. The fraction of sp³-hybridized carbons (Fsp3) is 0.862. The van der Waals surface area contributed by atoms with Crippen LogP contribution in [0.1, 0.15) is 241 Å². The predicted molar refractivity (Wildman–Crippen MR) is 455 cm³/mol. The summed E-state index contributed by atoms with van der Waals surface area (Å²) in [5.41, 5.74) is -1.04. The largest absolute Gasteiger partial charge is 0.394 e. The quantitative estimate of drug-likeness (QED) is 0.0367. The molecule has 0 radical (unpaired) electrons. The van der Waals surface area contributed by atoms with Gasteiger partial charge in [-0.05, 0) is 130 Å². The third-order valence-corrected chi connectivity index (χ3v) is 21.9. The normalized spacial score (nSPS) is 26.0. The maximum atomic E-state index is 14.2. The lowest BCUT2D eigenvalue weighted by molar-refractivity contribution is -0.270. The van der Waals surface area contributed by atoms with Crippen molar-refractivity contribution in [1.29, 1.82) is 0 Å². The number of aliphatic hydroxyl groups excluding tert-OH is 10. The Labute approximate surface area is 741 Å². The minimum absolute atomic E-state index is 0.000940. The number of allylic oxidation sites excluding steroid dienone is 1. The Kier molecular flexibility index (Phi) is 56.5. The summed E-state index contributed by atoms with van der Waals surface area (Å²) in [4.78, 5) is 128. The molecule has 4 rings (SSSR count). The fourth-order valence-electron chi connectivity index (χ4n) is 14.7. The lowest BCUT2D eigenvalue weighted by Gasteiger charge is -2.42. The number of Topliss-reactive ketones (excluding diaryl/α,β-unsaturated/α-hetero) is 4. The van der Waals surface area contributed by atoms with Crippen LogP contribution in [0.5, 0.6) is 0 Å². The lowest BCUT2D eigenvalue weighted by Crippen LogP contribution is -2.64. The summed E-state index contributed by atoms with van der Waals surface area (Å²) in [6.45, 7) is 15.3. The molecule has 126 heavy (non-hydrogen) atoms. The van der Waals surface area contributed by atoms with Crippen LogP contribution in [0.4, 0.5) is 0 Å². The number of aliphatic hydroxyl groups is 10. The summed E-state index contributed by atoms with van der Waals surface area (Å²) in [6.07, 6.45) is -5.30. The second kappa shape index (κ2) is 63.3. The summed E-state index contributed by atoms with van der Waals surface area (Å²) in [7, 11) is 0. The molecule has 0 aromatic rings. The molecule has 0 aromatic heterocycles. The van der Waals surface area contributed by atoms with Crippen molar-refractivity contribution in [3.05, 3.63) is 12.3 Å². The molecule has 4 aliphatic rings. The molecular formula is C87H153N7O32. The van der Waals surface area contributed by atoms with Crippen LogP contribution in [0.15, 0.2) is 12.3 Å². The van der Waals surface area contributed by atoms with E-state index in [-0.39, 0.29) is 189 Å². The minimum atomic E-state index is -1.46. The highest BCUT2D eigenvalue weighted by molar-refractivity contribution is 5.80. The molecule has 7 unspecified atom stereocenters. The van der Waals surface area contributed by atoms with Gasteiger partial charge in [0.2, 0.25) is 35.4 Å². The number of ether oxygens (including phenoxy) is 12. The van der Waals surface area contributed by atoms with E-state index in [0.717, 1.165) is 31.4 Å². The Morgan fingerprint density at radius 2 is 0.683 bits per heavy atom. The lowest BCUT2D eigenvalue weighted by atomic mass is 9.97. The molecule has 4 saturated heterocycles. The number of amides is 6. The molecule has 728 valence electrons. The number of carbonyl (C=O) groups excluding carboxylic acids is 10. The van der Waals surface area contributed by atoms with Gasteiger partial charge < -0.3 is 145 Å². The molecule has 17 N–H and O–H groups in total. The molecule has 39 nitrogen and oxygen atoms in total. The summed E-state index contributed by atoms with van der Waals surface area (Å²) >= 11 is 0. The summed E-state index contributed by atoms with van der Waals surface area (Å²) in [6, 6.07) is -3.26. The molecule has 0 bridgehead atoms. The number of ketones is 4. The number of unbranched alkanes of at least 4 members (excludes halogenated alkanes) is 10. The van der Waals surface area contributed by atoms with Crippen LogP contribution in [0.2, 0.25) is 0 Å². The van der Waals surface area contributed by atoms with Crippen LogP contribution in [0.25, 0.3) is 0 Å². The third kappa shape index (κ3) is 45.8. The first-order valence-corrected chi connectivity index (χ1v) is 45.3. The van der Waals surface area contributed by atoms with Gasteiger partial charge in [-0.2, -0.15) is 0 Å². The Morgan fingerprint density at radius 3 is 1.10 bits per heavy atom. The molecule has 0 spiro atoms. The highest BCUT2D eigenvalue weighted by Gasteiger charge is 2.49. The van der Waals surface area contributed by atoms with Gasteiger partial charge in [0.15, 0.2) is 18.9 Å². The van der Waals surface area contributed by atoms with E-state index in [1.54, 1.807) is 0 Å². The van der Waals surface area contributed by atoms with E-state index in [9.17, 15) is 99.0 Å². The average Bonchev–Trinajstić information content (AvgIpc) is 1.24. The van der Waals surface area contributed by atoms with E-state index in [0.29, 0.717) is 122 Å². The van der Waals surface area contributed by atoms with Crippen LogP contribution in [0.3, 0.4) is 0 Å². The maximum Gasteiger partial charge on any atom is 0.222 e. The Balaban J connectivity index is 1.32. The Morgan fingerprint density at radius 1 is 0.349 bits per heavy atom. The molecular weight excluding hydrogens is 1650 g/mol. The molecule has 20 atom stereocenters. The highest BCUT2D eigenvalue weighted by atomic mass is 16.7. The first-order chi connectivity index (χ1) is 60.1. The van der Waals surface area contributed by atoms with Crippen molar-refractivity contribution in [1.82, 2.24) is 37.2 Å². The number of rotatable bonds is 71. The Hall–Kier alpha value is -5.84. The van der Waals surface area contributed by atoms with E-state index in [1.165, 1.54) is 20.8 Å². The topological polar surface area (TPSA) is 568 Å². The second-order valence-electron chi connectivity index (χ2n) is 34.3. The van der Waals surface area contributed by atoms with Gasteiger partial charge in [-0.3, -0.25) is 47.9 Å². The van der Waals surface area contributed by atoms with Gasteiger partial charge >= 0.3 is 0 Å². The van der Waals surface area contributed by atoms with E-state index in [2.05, 4.69) is 43.8 Å². The monoisotopic (exact) mass is 1810 g/mol. The zero-order chi connectivity index (χ0) is 93.0. The van der Waals surface area contributed by atoms with Gasteiger partial charge in [0.25, 0.3) is 0 Å². The van der Waals surface area contributed by atoms with Crippen LogP contribution in [0, 0.1) is 0 Å². The first-order valence-electron chi connectivity index (χ1n) is 45.3. The minimum Gasteiger partial charge on any atom is -0.394 e. The number of nitrogens with one attached hydrogen (secondary N) is 7. The predicted octanol–water partition coefficient (Wildman–Crippen LogP) is 0.436. The van der Waals surface area contributed by atoms with Gasteiger partial charge in [0.05, 0.1) is 77.8 Å². The highest BCUT2D eigenvalue weighted by Crippen LogP contribution is 2.29. The molecule has 0 aliphatic carbocycles. The van der Waals surface area contributed by atoms with E-state index >= 15 is 0 Å². The SMILES string of the molecule is C=C(CCCC(=O)NC(COCCC(=O)CCCCCC(=O)CCCCO[C@@H]1OC(CO)[C@H](O)[C@H](O)C1NC(C)=O)(COCCC(=O)CCCCNC(=O)CCCCO[C@@H]1OC(CO)[C@H](O)[C@H](O)C1NC(C)=O)COCCC(=O)NCCCCC(=O)CCCCO[C@@H]1OC(CO)[C@H](O)[C@H](O)C1NC(C)=O)NCCCCCCO[C@@H]1[C@H](O)[C@@H](COC(C)(C)C)O[C@H]1C. The van der Waals surface area contributed by atoms with Crippen molar-refractivity contribution in [2.45, 2.75) is 369 Å². The van der Waals surface area contributed by atoms with Gasteiger partial charge in [-0.1, -0.05) is 25.8 Å². The van der Waals surface area contributed by atoms with E-state index < -0.39 is 153 Å². The molecule has 0 saturated carbocycles. The van der Waals surface area contributed by atoms with Gasteiger partial charge in [0, 0.05) is 143 Å². The molecule has 4 fully saturated rings. The second-order valence-corrected chi connectivity index (χ2v) is 34.3. The van der Waals surface area contributed by atoms with Crippen molar-refractivity contribution in [2.24, 2.45) is 0 Å². The van der Waals surface area contributed by atoms with Crippen molar-refractivity contribution in [2.75, 3.05) is 112 Å². The van der Waals surface area contributed by atoms with Crippen LogP contribution in [-0.2, 0) is 105 Å². The van der Waals surface area contributed by atoms with E-state index in [4.69, 9.17) is 56.8 Å². The van der Waals surface area contributed by atoms with Crippen LogP contribution < -0.4 is 37.2 Å². The fourth-order valence-corrected chi connectivity index (χ4v) is 14.7. The third-order valence-electron chi connectivity index (χ3n) is 21.9. The van der Waals surface area contributed by atoms with Crippen molar-refractivity contribution in [3.8, 4) is 0 Å². The Bertz CT molecular complexity index is 2910. The number of hydrogen-bond acceptors (Lipinski definition) is 33. The van der Waals surface area contributed by atoms with Crippen molar-refractivity contribution >= 4 is 58.6 Å². The summed E-state index contributed by atoms with van der Waals surface area (Å²) in [5.74, 6) is -2.59. The van der Waals surface area contributed by atoms with Crippen LogP contribution in [-0.4, -0.2) is 349 Å². The van der Waals surface area contributed by atoms with Gasteiger partial charge in [0.1, 0.15) is 120 Å². The van der Waals surface area contributed by atoms with Crippen molar-refractivity contribution < 1.29 is 156 Å². The van der Waals surface area contributed by atoms with Gasteiger partial charge in [-0.25, -0.2) is 0 Å². The molecule has 4 heterocycles. The average molecular weight is 1810 g/mol.